The number of hydrogen-bond acceptors (Lipinski definition) is 3. The van der Waals surface area contributed by atoms with Gasteiger partial charge >= 0.3 is 0 Å². The Hall–Kier alpha value is -1.59. The molecule has 1 aromatic rings. The second-order valence-corrected chi connectivity index (χ2v) is 7.42. The maximum atomic E-state index is 13.0. The molecule has 2 N–H and O–H groups in total. The molecule has 3 rings (SSSR count). The van der Waals surface area contributed by atoms with Gasteiger partial charge in [-0.3, -0.25) is 9.59 Å². The lowest BCUT2D eigenvalue weighted by atomic mass is 9.95. The molecule has 0 radical (unpaired) electrons. The minimum absolute atomic E-state index is 0. The van der Waals surface area contributed by atoms with Crippen LogP contribution in [0.2, 0.25) is 0 Å². The molecule has 144 valence electrons. The van der Waals surface area contributed by atoms with Gasteiger partial charge in [0, 0.05) is 25.2 Å². The van der Waals surface area contributed by atoms with E-state index in [0.29, 0.717) is 12.5 Å². The smallest absolute Gasteiger partial charge is 0.254 e. The summed E-state index contributed by atoms with van der Waals surface area (Å²) >= 11 is 0. The van der Waals surface area contributed by atoms with E-state index in [1.54, 1.807) is 0 Å². The molecule has 0 aliphatic carbocycles. The lowest BCUT2D eigenvalue weighted by Crippen LogP contribution is -2.46. The molecule has 2 saturated heterocycles. The van der Waals surface area contributed by atoms with Crippen LogP contribution in [0.15, 0.2) is 18.2 Å². The Kier molecular flexibility index (Phi) is 7.47. The zero-order chi connectivity index (χ0) is 17.8. The third-order valence-corrected chi connectivity index (χ3v) is 5.44. The van der Waals surface area contributed by atoms with Gasteiger partial charge < -0.3 is 15.5 Å². The standard InChI is InChI=1S/C20H29N3O2.ClH/c1-14-6-3-7-15(2)18(14)20(25)23-11-5-8-16(13-23)12-22-19(24)17-9-4-10-21-17;/h3,6-7,16-17,21H,4-5,8-13H2,1-2H3,(H,22,24);1H. The summed E-state index contributed by atoms with van der Waals surface area (Å²) in [4.78, 5) is 27.1. The number of carbonyl (C=O) groups excluding carboxylic acids is 2. The van der Waals surface area contributed by atoms with Crippen LogP contribution in [0.4, 0.5) is 0 Å². The first-order chi connectivity index (χ1) is 12.1. The SMILES string of the molecule is Cc1cccc(C)c1C(=O)N1CCCC(CNC(=O)C2CCCN2)C1.Cl. The summed E-state index contributed by atoms with van der Waals surface area (Å²) in [6.07, 6.45) is 4.06. The summed E-state index contributed by atoms with van der Waals surface area (Å²) in [5.41, 5.74) is 2.91. The van der Waals surface area contributed by atoms with E-state index < -0.39 is 0 Å². The van der Waals surface area contributed by atoms with E-state index in [9.17, 15) is 9.59 Å². The summed E-state index contributed by atoms with van der Waals surface area (Å²) in [5, 5.41) is 6.31. The average Bonchev–Trinajstić information content (AvgIpc) is 3.14. The maximum Gasteiger partial charge on any atom is 0.254 e. The molecule has 2 amide bonds. The Balaban J connectivity index is 0.00000243. The lowest BCUT2D eigenvalue weighted by Gasteiger charge is -2.33. The fourth-order valence-electron chi connectivity index (χ4n) is 4.00. The quantitative estimate of drug-likeness (QED) is 0.844. The molecule has 2 aliphatic rings. The zero-order valence-corrected chi connectivity index (χ0v) is 16.5. The number of likely N-dealkylation sites (tertiary alicyclic amines) is 1. The number of halogens is 1. The van der Waals surface area contributed by atoms with Gasteiger partial charge in [-0.1, -0.05) is 18.2 Å². The van der Waals surface area contributed by atoms with Crippen LogP contribution in [-0.2, 0) is 4.79 Å². The second-order valence-electron chi connectivity index (χ2n) is 7.42. The van der Waals surface area contributed by atoms with Gasteiger partial charge in [0.15, 0.2) is 0 Å². The molecule has 1 aromatic carbocycles. The number of amides is 2. The number of piperidine rings is 1. The highest BCUT2D eigenvalue weighted by molar-refractivity contribution is 5.97. The molecule has 26 heavy (non-hydrogen) atoms. The van der Waals surface area contributed by atoms with E-state index in [0.717, 1.165) is 62.0 Å². The van der Waals surface area contributed by atoms with Crippen LogP contribution < -0.4 is 10.6 Å². The molecule has 0 aromatic heterocycles. The Morgan fingerprint density at radius 1 is 1.19 bits per heavy atom. The van der Waals surface area contributed by atoms with Crippen molar-refractivity contribution in [1.29, 1.82) is 0 Å². The van der Waals surface area contributed by atoms with Crippen LogP contribution in [0.5, 0.6) is 0 Å². The molecule has 2 atom stereocenters. The topological polar surface area (TPSA) is 61.4 Å². The van der Waals surface area contributed by atoms with Gasteiger partial charge in [-0.25, -0.2) is 0 Å². The number of nitrogens with zero attached hydrogens (tertiary/aromatic N) is 1. The predicted molar refractivity (Wildman–Crippen MR) is 106 cm³/mol. The monoisotopic (exact) mass is 379 g/mol. The van der Waals surface area contributed by atoms with Gasteiger partial charge in [-0.2, -0.15) is 0 Å². The molecule has 5 nitrogen and oxygen atoms in total. The molecule has 0 spiro atoms. The van der Waals surface area contributed by atoms with E-state index in [-0.39, 0.29) is 30.3 Å². The first-order valence-corrected chi connectivity index (χ1v) is 9.43. The third kappa shape index (κ3) is 4.77. The summed E-state index contributed by atoms with van der Waals surface area (Å²) in [6.45, 7) is 7.12. The number of nitrogens with one attached hydrogen (secondary N) is 2. The number of carbonyl (C=O) groups is 2. The molecule has 2 aliphatic heterocycles. The van der Waals surface area contributed by atoms with Gasteiger partial charge in [0.05, 0.1) is 6.04 Å². The first-order valence-electron chi connectivity index (χ1n) is 9.43. The summed E-state index contributed by atoms with van der Waals surface area (Å²) < 4.78 is 0. The number of rotatable bonds is 4. The highest BCUT2D eigenvalue weighted by Gasteiger charge is 2.27. The van der Waals surface area contributed by atoms with E-state index in [1.807, 2.05) is 36.9 Å². The number of benzene rings is 1. The summed E-state index contributed by atoms with van der Waals surface area (Å²) in [7, 11) is 0. The van der Waals surface area contributed by atoms with Crippen molar-refractivity contribution < 1.29 is 9.59 Å². The van der Waals surface area contributed by atoms with E-state index >= 15 is 0 Å². The molecule has 2 unspecified atom stereocenters. The van der Waals surface area contributed by atoms with Crippen LogP contribution in [0.1, 0.15) is 47.2 Å². The molecule has 0 bridgehead atoms. The molecule has 2 fully saturated rings. The zero-order valence-electron chi connectivity index (χ0n) is 15.7. The van der Waals surface area contributed by atoms with Crippen LogP contribution >= 0.6 is 12.4 Å². The van der Waals surface area contributed by atoms with Crippen molar-refractivity contribution in [2.75, 3.05) is 26.2 Å². The number of hydrogen-bond donors (Lipinski definition) is 2. The minimum atomic E-state index is -0.0315. The fourth-order valence-corrected chi connectivity index (χ4v) is 4.00. The van der Waals surface area contributed by atoms with Gasteiger partial charge in [0.1, 0.15) is 0 Å². The summed E-state index contributed by atoms with van der Waals surface area (Å²) in [5.74, 6) is 0.576. The van der Waals surface area contributed by atoms with E-state index in [1.165, 1.54) is 0 Å². The lowest BCUT2D eigenvalue weighted by molar-refractivity contribution is -0.123. The Labute approximate surface area is 162 Å². The average molecular weight is 380 g/mol. The molecular formula is C20H30ClN3O2. The van der Waals surface area contributed by atoms with Crippen molar-refractivity contribution >= 4 is 24.2 Å². The van der Waals surface area contributed by atoms with Gasteiger partial charge in [0.25, 0.3) is 5.91 Å². The second kappa shape index (κ2) is 9.38. The van der Waals surface area contributed by atoms with Crippen LogP contribution in [-0.4, -0.2) is 48.9 Å². The van der Waals surface area contributed by atoms with Crippen LogP contribution in [0, 0.1) is 19.8 Å². The van der Waals surface area contributed by atoms with Crippen LogP contribution in [0.3, 0.4) is 0 Å². The fraction of sp³-hybridized carbons (Fsp3) is 0.600. The van der Waals surface area contributed by atoms with E-state index in [4.69, 9.17) is 0 Å². The van der Waals surface area contributed by atoms with Crippen LogP contribution in [0.25, 0.3) is 0 Å². The van der Waals surface area contributed by atoms with Crippen molar-refractivity contribution in [2.45, 2.75) is 45.6 Å². The minimum Gasteiger partial charge on any atom is -0.354 e. The van der Waals surface area contributed by atoms with Crippen molar-refractivity contribution in [3.63, 3.8) is 0 Å². The Morgan fingerprint density at radius 3 is 2.58 bits per heavy atom. The van der Waals surface area contributed by atoms with E-state index in [2.05, 4.69) is 10.6 Å². The van der Waals surface area contributed by atoms with Crippen molar-refractivity contribution in [2.24, 2.45) is 5.92 Å². The normalized spacial score (nSPS) is 22.6. The van der Waals surface area contributed by atoms with Crippen molar-refractivity contribution in [3.8, 4) is 0 Å². The Bertz CT molecular complexity index is 624. The third-order valence-electron chi connectivity index (χ3n) is 5.44. The van der Waals surface area contributed by atoms with Gasteiger partial charge in [-0.15, -0.1) is 12.4 Å². The van der Waals surface area contributed by atoms with Crippen molar-refractivity contribution in [3.05, 3.63) is 34.9 Å². The molecule has 0 saturated carbocycles. The highest BCUT2D eigenvalue weighted by Crippen LogP contribution is 2.21. The van der Waals surface area contributed by atoms with Gasteiger partial charge in [-0.05, 0) is 63.1 Å². The molecule has 6 heteroatoms. The summed E-state index contributed by atoms with van der Waals surface area (Å²) in [6, 6.07) is 5.95. The molecular weight excluding hydrogens is 350 g/mol. The highest BCUT2D eigenvalue weighted by atomic mass is 35.5. The maximum absolute atomic E-state index is 13.0. The number of aryl methyl sites for hydroxylation is 2. The van der Waals surface area contributed by atoms with Crippen molar-refractivity contribution in [1.82, 2.24) is 15.5 Å². The first kappa shape index (κ1) is 20.7. The largest absolute Gasteiger partial charge is 0.354 e. The Morgan fingerprint density at radius 2 is 1.92 bits per heavy atom. The molecule has 2 heterocycles. The van der Waals surface area contributed by atoms with Gasteiger partial charge in [0.2, 0.25) is 5.91 Å². The predicted octanol–water partition coefficient (Wildman–Crippen LogP) is 2.45.